The summed E-state index contributed by atoms with van der Waals surface area (Å²) in [7, 11) is 0. The first-order valence-electron chi connectivity index (χ1n) is 5.39. The first-order valence-corrected chi connectivity index (χ1v) is 6.57. The highest BCUT2D eigenvalue weighted by Gasteiger charge is 1.98. The molecule has 3 heteroatoms. The van der Waals surface area contributed by atoms with Gasteiger partial charge in [0.2, 0.25) is 0 Å². The lowest BCUT2D eigenvalue weighted by Crippen LogP contribution is -1.99. The van der Waals surface area contributed by atoms with E-state index >= 15 is 0 Å². The number of hydrogen-bond donors (Lipinski definition) is 1. The normalized spacial score (nSPS) is 10.3. The molecule has 0 unspecified atom stereocenters. The highest BCUT2D eigenvalue weighted by Crippen LogP contribution is 2.19. The molecule has 17 heavy (non-hydrogen) atoms. The lowest BCUT2D eigenvalue weighted by atomic mass is 10.1. The quantitative estimate of drug-likeness (QED) is 0.839. The second kappa shape index (κ2) is 5.56. The van der Waals surface area contributed by atoms with Crippen molar-refractivity contribution in [1.82, 2.24) is 0 Å². The fourth-order valence-corrected chi connectivity index (χ4v) is 2.17. The molecule has 0 spiro atoms. The van der Waals surface area contributed by atoms with Crippen LogP contribution in [0.15, 0.2) is 46.9 Å². The van der Waals surface area contributed by atoms with E-state index in [1.54, 1.807) is 0 Å². The molecule has 0 heterocycles. The van der Waals surface area contributed by atoms with E-state index in [-0.39, 0.29) is 0 Å². The van der Waals surface area contributed by atoms with Crippen molar-refractivity contribution in [2.24, 2.45) is 0 Å². The van der Waals surface area contributed by atoms with Crippen molar-refractivity contribution < 1.29 is 0 Å². The molecule has 88 valence electrons. The van der Waals surface area contributed by atoms with Crippen LogP contribution in [0.5, 0.6) is 0 Å². The number of aryl methyl sites for hydroxylation is 1. The van der Waals surface area contributed by atoms with E-state index in [0.717, 1.165) is 21.7 Å². The van der Waals surface area contributed by atoms with Gasteiger partial charge in [0.1, 0.15) is 0 Å². The Bertz CT molecular complexity index is 525. The fraction of sp³-hybridized carbons (Fsp3) is 0.143. The van der Waals surface area contributed by atoms with Gasteiger partial charge in [0.15, 0.2) is 0 Å². The third kappa shape index (κ3) is 3.48. The molecule has 0 saturated heterocycles. The predicted molar refractivity (Wildman–Crippen MR) is 77.7 cm³/mol. The van der Waals surface area contributed by atoms with Gasteiger partial charge in [0.25, 0.3) is 0 Å². The predicted octanol–water partition coefficient (Wildman–Crippen LogP) is 5.02. The zero-order valence-electron chi connectivity index (χ0n) is 9.50. The molecule has 0 aliphatic carbocycles. The van der Waals surface area contributed by atoms with Crippen LogP contribution >= 0.6 is 27.5 Å². The molecule has 2 aromatic rings. The maximum Gasteiger partial charge on any atom is 0.0426 e. The maximum absolute atomic E-state index is 5.93. The van der Waals surface area contributed by atoms with Crippen LogP contribution in [0.1, 0.15) is 11.1 Å². The van der Waals surface area contributed by atoms with Gasteiger partial charge in [-0.25, -0.2) is 0 Å². The van der Waals surface area contributed by atoms with Crippen LogP contribution in [-0.4, -0.2) is 0 Å². The molecule has 0 bridgehead atoms. The van der Waals surface area contributed by atoms with E-state index in [9.17, 15) is 0 Å². The van der Waals surface area contributed by atoms with Crippen LogP contribution in [0.3, 0.4) is 0 Å². The summed E-state index contributed by atoms with van der Waals surface area (Å²) in [5.74, 6) is 0. The molecule has 0 fully saturated rings. The largest absolute Gasteiger partial charge is 0.381 e. The summed E-state index contributed by atoms with van der Waals surface area (Å²) in [6.07, 6.45) is 0. The average Bonchev–Trinajstić information content (AvgIpc) is 2.31. The van der Waals surface area contributed by atoms with Gasteiger partial charge in [-0.3, -0.25) is 0 Å². The molecule has 2 rings (SSSR count). The van der Waals surface area contributed by atoms with Crippen LogP contribution in [0.25, 0.3) is 0 Å². The van der Waals surface area contributed by atoms with Gasteiger partial charge in [0, 0.05) is 21.7 Å². The molecule has 0 aromatic heterocycles. The Morgan fingerprint density at radius 3 is 2.71 bits per heavy atom. The van der Waals surface area contributed by atoms with Gasteiger partial charge >= 0.3 is 0 Å². The van der Waals surface area contributed by atoms with Crippen molar-refractivity contribution in [2.75, 3.05) is 5.32 Å². The highest BCUT2D eigenvalue weighted by atomic mass is 79.9. The number of rotatable bonds is 3. The number of hydrogen-bond acceptors (Lipinski definition) is 1. The zero-order chi connectivity index (χ0) is 12.3. The van der Waals surface area contributed by atoms with Crippen molar-refractivity contribution in [2.45, 2.75) is 13.5 Å². The summed E-state index contributed by atoms with van der Waals surface area (Å²) < 4.78 is 1.14. The van der Waals surface area contributed by atoms with E-state index in [1.165, 1.54) is 11.1 Å². The Balaban J connectivity index is 2.05. The maximum atomic E-state index is 5.93. The minimum Gasteiger partial charge on any atom is -0.381 e. The topological polar surface area (TPSA) is 12.0 Å². The van der Waals surface area contributed by atoms with Crippen LogP contribution in [0.4, 0.5) is 5.69 Å². The molecule has 0 amide bonds. The van der Waals surface area contributed by atoms with Gasteiger partial charge in [-0.05, 0) is 42.3 Å². The molecule has 0 radical (unpaired) electrons. The molecule has 1 nitrogen and oxygen atoms in total. The Kier molecular flexibility index (Phi) is 4.08. The summed E-state index contributed by atoms with van der Waals surface area (Å²) in [5.41, 5.74) is 3.52. The lowest BCUT2D eigenvalue weighted by Gasteiger charge is -2.08. The number of anilines is 1. The van der Waals surface area contributed by atoms with E-state index in [1.807, 2.05) is 24.3 Å². The number of nitrogens with one attached hydrogen (secondary N) is 1. The molecule has 0 aliphatic heterocycles. The standard InChI is InChI=1S/C14H13BrClN/c1-10-5-6-11(7-14(10)15)9-17-13-4-2-3-12(16)8-13/h2-8,17H,9H2,1H3. The Morgan fingerprint density at radius 2 is 2.00 bits per heavy atom. The van der Waals surface area contributed by atoms with E-state index in [0.29, 0.717) is 0 Å². The molecular weight excluding hydrogens is 298 g/mol. The van der Waals surface area contributed by atoms with Gasteiger partial charge in [0.05, 0.1) is 0 Å². The molecule has 1 N–H and O–H groups in total. The molecule has 2 aromatic carbocycles. The van der Waals surface area contributed by atoms with Crippen LogP contribution in [-0.2, 0) is 6.54 Å². The number of halogens is 2. The summed E-state index contributed by atoms with van der Waals surface area (Å²) in [5, 5.41) is 4.09. The van der Waals surface area contributed by atoms with Crippen molar-refractivity contribution in [1.29, 1.82) is 0 Å². The number of benzene rings is 2. The molecule has 0 saturated carbocycles. The first kappa shape index (κ1) is 12.5. The highest BCUT2D eigenvalue weighted by molar-refractivity contribution is 9.10. The van der Waals surface area contributed by atoms with E-state index in [4.69, 9.17) is 11.6 Å². The zero-order valence-corrected chi connectivity index (χ0v) is 11.8. The Labute approximate surface area is 115 Å². The van der Waals surface area contributed by atoms with Crippen LogP contribution in [0, 0.1) is 6.92 Å². The summed E-state index contributed by atoms with van der Waals surface area (Å²) in [6.45, 7) is 2.87. The second-order valence-corrected chi connectivity index (χ2v) is 5.24. The summed E-state index contributed by atoms with van der Waals surface area (Å²) >= 11 is 9.46. The average molecular weight is 311 g/mol. The second-order valence-electron chi connectivity index (χ2n) is 3.95. The molecule has 0 atom stereocenters. The SMILES string of the molecule is Cc1ccc(CNc2cccc(Cl)c2)cc1Br. The van der Waals surface area contributed by atoms with Crippen molar-refractivity contribution >= 4 is 33.2 Å². The van der Waals surface area contributed by atoms with Gasteiger partial charge < -0.3 is 5.32 Å². The van der Waals surface area contributed by atoms with E-state index < -0.39 is 0 Å². The minimum absolute atomic E-state index is 0.750. The van der Waals surface area contributed by atoms with Crippen molar-refractivity contribution in [3.63, 3.8) is 0 Å². The monoisotopic (exact) mass is 309 g/mol. The van der Waals surface area contributed by atoms with Gasteiger partial charge in [-0.1, -0.05) is 45.7 Å². The summed E-state index contributed by atoms with van der Waals surface area (Å²) in [4.78, 5) is 0. The van der Waals surface area contributed by atoms with Gasteiger partial charge in [-0.15, -0.1) is 0 Å². The first-order chi connectivity index (χ1) is 8.15. The molecule has 0 aliphatic rings. The van der Waals surface area contributed by atoms with Gasteiger partial charge in [-0.2, -0.15) is 0 Å². The molecular formula is C14H13BrClN. The smallest absolute Gasteiger partial charge is 0.0426 e. The van der Waals surface area contributed by atoms with Crippen LogP contribution < -0.4 is 5.32 Å². The van der Waals surface area contributed by atoms with Crippen LogP contribution in [0.2, 0.25) is 5.02 Å². The minimum atomic E-state index is 0.750. The third-order valence-corrected chi connectivity index (χ3v) is 3.65. The fourth-order valence-electron chi connectivity index (χ4n) is 1.55. The Hall–Kier alpha value is -0.990. The Morgan fingerprint density at radius 1 is 1.18 bits per heavy atom. The van der Waals surface area contributed by atoms with E-state index in [2.05, 4.69) is 46.4 Å². The van der Waals surface area contributed by atoms with Crippen molar-refractivity contribution in [3.05, 3.63) is 63.1 Å². The third-order valence-electron chi connectivity index (χ3n) is 2.56. The lowest BCUT2D eigenvalue weighted by molar-refractivity contribution is 1.14. The summed E-state index contributed by atoms with van der Waals surface area (Å²) in [6, 6.07) is 14.1. The van der Waals surface area contributed by atoms with Crippen molar-refractivity contribution in [3.8, 4) is 0 Å².